The van der Waals surface area contributed by atoms with E-state index >= 15 is 0 Å². The number of alkyl halides is 2. The molecule has 210 valence electrons. The minimum atomic E-state index is -2.88. The summed E-state index contributed by atoms with van der Waals surface area (Å²) < 4.78 is 30.5. The van der Waals surface area contributed by atoms with E-state index in [1.165, 1.54) is 11.1 Å². The normalized spacial score (nSPS) is 17.0. The van der Waals surface area contributed by atoms with Gasteiger partial charge in [0, 0.05) is 50.6 Å². The van der Waals surface area contributed by atoms with Crippen molar-refractivity contribution < 1.29 is 27.6 Å². The van der Waals surface area contributed by atoms with E-state index in [1.54, 1.807) is 25.1 Å². The molecule has 0 spiro atoms. The highest BCUT2D eigenvalue weighted by Crippen LogP contribution is 2.42. The second-order valence-electron chi connectivity index (χ2n) is 9.99. The summed E-state index contributed by atoms with van der Waals surface area (Å²) in [5, 5.41) is 6.94. The SMILES string of the molecule is CCC1(CC)C(=O)N(Cc2ccc(-c3nnc(C(F)F)o3)cn2)C(=O)c2ccc(N3CCN(C(C)=O)CC3)cc21. The molecule has 40 heavy (non-hydrogen) atoms. The van der Waals surface area contributed by atoms with Gasteiger partial charge in [0.2, 0.25) is 17.7 Å². The van der Waals surface area contributed by atoms with Gasteiger partial charge in [0.1, 0.15) is 0 Å². The Kier molecular flexibility index (Phi) is 7.35. The van der Waals surface area contributed by atoms with Gasteiger partial charge in [0.15, 0.2) is 0 Å². The molecule has 3 aromatic rings. The van der Waals surface area contributed by atoms with Gasteiger partial charge in [-0.3, -0.25) is 24.3 Å². The molecule has 3 amide bonds. The van der Waals surface area contributed by atoms with Gasteiger partial charge < -0.3 is 14.2 Å². The lowest BCUT2D eigenvalue weighted by molar-refractivity contribution is -0.136. The highest BCUT2D eigenvalue weighted by atomic mass is 19.3. The Bertz CT molecular complexity index is 1430. The first-order valence-electron chi connectivity index (χ1n) is 13.3. The lowest BCUT2D eigenvalue weighted by atomic mass is 9.70. The number of rotatable bonds is 7. The molecule has 2 aliphatic rings. The average molecular weight is 553 g/mol. The summed E-state index contributed by atoms with van der Waals surface area (Å²) in [5.41, 5.74) is 2.05. The average Bonchev–Trinajstić information content (AvgIpc) is 3.47. The first-order valence-corrected chi connectivity index (χ1v) is 13.3. The van der Waals surface area contributed by atoms with Gasteiger partial charge in [-0.1, -0.05) is 13.8 Å². The Balaban J connectivity index is 1.41. The number of halogens is 2. The van der Waals surface area contributed by atoms with Gasteiger partial charge >= 0.3 is 6.43 Å². The topological polar surface area (TPSA) is 113 Å². The van der Waals surface area contributed by atoms with Crippen LogP contribution in [0.3, 0.4) is 0 Å². The highest BCUT2D eigenvalue weighted by Gasteiger charge is 2.48. The molecule has 2 aliphatic heterocycles. The van der Waals surface area contributed by atoms with Crippen LogP contribution in [0.4, 0.5) is 14.5 Å². The second-order valence-corrected chi connectivity index (χ2v) is 9.99. The predicted molar refractivity (Wildman–Crippen MR) is 141 cm³/mol. The van der Waals surface area contributed by atoms with Crippen LogP contribution in [0.15, 0.2) is 40.9 Å². The smallest absolute Gasteiger partial charge is 0.314 e. The zero-order valence-corrected chi connectivity index (χ0v) is 22.6. The van der Waals surface area contributed by atoms with E-state index in [0.717, 1.165) is 11.3 Å². The molecular weight excluding hydrogens is 522 g/mol. The maximum absolute atomic E-state index is 14.0. The Morgan fingerprint density at radius 3 is 2.35 bits per heavy atom. The van der Waals surface area contributed by atoms with E-state index in [-0.39, 0.29) is 24.2 Å². The summed E-state index contributed by atoms with van der Waals surface area (Å²) in [6.07, 6.45) is -0.471. The Morgan fingerprint density at radius 1 is 1.05 bits per heavy atom. The molecule has 1 fully saturated rings. The molecule has 5 rings (SSSR count). The molecule has 0 bridgehead atoms. The number of fused-ring (bicyclic) bond motifs is 1. The minimum Gasteiger partial charge on any atom is -0.415 e. The Hall–Kier alpha value is -4.22. The van der Waals surface area contributed by atoms with E-state index in [0.29, 0.717) is 55.8 Å². The molecule has 0 saturated carbocycles. The molecule has 2 aromatic heterocycles. The predicted octanol–water partition coefficient (Wildman–Crippen LogP) is 3.98. The van der Waals surface area contributed by atoms with Gasteiger partial charge in [0.05, 0.1) is 23.2 Å². The van der Waals surface area contributed by atoms with Crippen LogP contribution in [-0.4, -0.2) is 68.9 Å². The van der Waals surface area contributed by atoms with Crippen LogP contribution in [0, 0.1) is 0 Å². The number of anilines is 1. The molecule has 0 atom stereocenters. The molecule has 0 radical (unpaired) electrons. The number of benzene rings is 1. The van der Waals surface area contributed by atoms with E-state index in [2.05, 4.69) is 20.1 Å². The standard InChI is InChI=1S/C28H30F2N6O4/c1-4-28(5-2)22-14-20(35-12-10-34(11-13-35)17(3)37)8-9-21(22)26(38)36(27(28)39)16-19-7-6-18(15-31-19)24-32-33-25(40-24)23(29)30/h6-9,14-15,23H,4-5,10-13,16H2,1-3H3. The number of nitrogens with zero attached hydrogens (tertiary/aromatic N) is 6. The van der Waals surface area contributed by atoms with Gasteiger partial charge in [-0.2, -0.15) is 8.78 Å². The highest BCUT2D eigenvalue weighted by molar-refractivity contribution is 6.13. The van der Waals surface area contributed by atoms with E-state index in [9.17, 15) is 23.2 Å². The molecule has 1 saturated heterocycles. The number of carbonyl (C=O) groups excluding carboxylic acids is 3. The molecule has 0 aliphatic carbocycles. The van der Waals surface area contributed by atoms with Crippen LogP contribution in [-0.2, 0) is 21.5 Å². The van der Waals surface area contributed by atoms with E-state index < -0.39 is 23.6 Å². The van der Waals surface area contributed by atoms with E-state index in [1.807, 2.05) is 30.9 Å². The largest absolute Gasteiger partial charge is 0.415 e. The van der Waals surface area contributed by atoms with Crippen molar-refractivity contribution in [3.05, 3.63) is 59.2 Å². The van der Waals surface area contributed by atoms with Crippen LogP contribution >= 0.6 is 0 Å². The summed E-state index contributed by atoms with van der Waals surface area (Å²) in [7, 11) is 0. The summed E-state index contributed by atoms with van der Waals surface area (Å²) >= 11 is 0. The molecule has 1 aromatic carbocycles. The fourth-order valence-corrected chi connectivity index (χ4v) is 5.52. The zero-order valence-electron chi connectivity index (χ0n) is 22.6. The third kappa shape index (κ3) is 4.71. The molecular formula is C28H30F2N6O4. The summed E-state index contributed by atoms with van der Waals surface area (Å²) in [5.74, 6) is -1.49. The molecule has 10 nitrogen and oxygen atoms in total. The van der Waals surface area contributed by atoms with E-state index in [4.69, 9.17) is 4.42 Å². The summed E-state index contributed by atoms with van der Waals surface area (Å²) in [6.45, 7) is 8.01. The quantitative estimate of drug-likeness (QED) is 0.405. The van der Waals surface area contributed by atoms with Crippen LogP contribution in [0.25, 0.3) is 11.5 Å². The lowest BCUT2D eigenvalue weighted by Gasteiger charge is -2.42. The van der Waals surface area contributed by atoms with Crippen molar-refractivity contribution in [1.29, 1.82) is 0 Å². The van der Waals surface area contributed by atoms with Gasteiger partial charge in [-0.25, -0.2) is 0 Å². The minimum absolute atomic E-state index is 0.0417. The number of pyridine rings is 1. The molecule has 12 heteroatoms. The van der Waals surface area contributed by atoms with Crippen molar-refractivity contribution in [2.45, 2.75) is 52.0 Å². The number of hydrogen-bond acceptors (Lipinski definition) is 8. The fraction of sp³-hybridized carbons (Fsp3) is 0.429. The van der Waals surface area contributed by atoms with Crippen molar-refractivity contribution in [1.82, 2.24) is 25.0 Å². The number of piperazine rings is 1. The monoisotopic (exact) mass is 552 g/mol. The van der Waals surface area contributed by atoms with Gasteiger partial charge in [-0.05, 0) is 48.7 Å². The summed E-state index contributed by atoms with van der Waals surface area (Å²) in [4.78, 5) is 48.9. The third-order valence-electron chi connectivity index (χ3n) is 7.97. The number of hydrogen-bond donors (Lipinski definition) is 0. The molecule has 4 heterocycles. The van der Waals surface area contributed by atoms with Crippen molar-refractivity contribution in [3.63, 3.8) is 0 Å². The Morgan fingerprint density at radius 2 is 1.77 bits per heavy atom. The van der Waals surface area contributed by atoms with Crippen molar-refractivity contribution in [2.75, 3.05) is 31.1 Å². The lowest BCUT2D eigenvalue weighted by Crippen LogP contribution is -2.54. The van der Waals surface area contributed by atoms with Crippen molar-refractivity contribution in [2.24, 2.45) is 0 Å². The van der Waals surface area contributed by atoms with Crippen LogP contribution < -0.4 is 4.90 Å². The van der Waals surface area contributed by atoms with Crippen molar-refractivity contribution >= 4 is 23.4 Å². The first-order chi connectivity index (χ1) is 19.2. The first kappa shape index (κ1) is 27.4. The molecule has 0 unspecified atom stereocenters. The fourth-order valence-electron chi connectivity index (χ4n) is 5.52. The Labute approximate surface area is 230 Å². The van der Waals surface area contributed by atoms with Crippen LogP contribution in [0.5, 0.6) is 0 Å². The second kappa shape index (κ2) is 10.7. The molecule has 0 N–H and O–H groups in total. The summed E-state index contributed by atoms with van der Waals surface area (Å²) in [6, 6.07) is 8.82. The van der Waals surface area contributed by atoms with Gasteiger partial charge in [0.25, 0.3) is 11.8 Å². The number of amides is 3. The maximum Gasteiger partial charge on any atom is 0.314 e. The van der Waals surface area contributed by atoms with Gasteiger partial charge in [-0.15, -0.1) is 10.2 Å². The van der Waals surface area contributed by atoms with Crippen LogP contribution in [0.1, 0.15) is 67.5 Å². The number of carbonyl (C=O) groups is 3. The number of imide groups is 1. The maximum atomic E-state index is 14.0. The number of aromatic nitrogens is 3. The van der Waals surface area contributed by atoms with Crippen molar-refractivity contribution in [3.8, 4) is 11.5 Å². The zero-order chi connectivity index (χ0) is 28.6. The third-order valence-corrected chi connectivity index (χ3v) is 7.97. The van der Waals surface area contributed by atoms with Crippen LogP contribution in [0.2, 0.25) is 0 Å².